The highest BCUT2D eigenvalue weighted by molar-refractivity contribution is 6.46. The second-order valence-electron chi connectivity index (χ2n) is 1.48. The molecule has 1 radical (unpaired) electrons. The topological polar surface area (TPSA) is 12.4 Å². The molecule has 0 fully saturated rings. The Hall–Kier alpha value is -0.525. The third kappa shape index (κ3) is 0.920. The van der Waals surface area contributed by atoms with Crippen molar-refractivity contribution in [1.82, 2.24) is 0 Å². The van der Waals surface area contributed by atoms with Crippen LogP contribution >= 0.6 is 0 Å². The molecule has 0 saturated carbocycles. The van der Waals surface area contributed by atoms with Crippen LogP contribution in [0.3, 0.4) is 0 Å². The van der Waals surface area contributed by atoms with Crippen LogP contribution in [0.4, 0.5) is 0 Å². The zero-order valence-corrected chi connectivity index (χ0v) is 4.39. The van der Waals surface area contributed by atoms with Gasteiger partial charge in [-0.3, -0.25) is 0 Å². The number of hydrogen-bond acceptors (Lipinski definition) is 1. The first-order valence-corrected chi connectivity index (χ1v) is 2.50. The van der Waals surface area contributed by atoms with Crippen molar-refractivity contribution >= 4 is 13.1 Å². The molecule has 1 aliphatic heterocycles. The highest BCUT2D eigenvalue weighted by Gasteiger charge is 1.93. The molecule has 0 spiro atoms. The summed E-state index contributed by atoms with van der Waals surface area (Å²) in [5.74, 6) is 1.96. The van der Waals surface area contributed by atoms with E-state index in [-0.39, 0.29) is 0 Å². The van der Waals surface area contributed by atoms with Crippen molar-refractivity contribution in [3.8, 4) is 0 Å². The molecule has 1 nitrogen and oxygen atoms in total. The first-order chi connectivity index (χ1) is 3.43. The summed E-state index contributed by atoms with van der Waals surface area (Å²) in [6.45, 7) is 2.10. The van der Waals surface area contributed by atoms with E-state index in [1.807, 2.05) is 19.5 Å². The van der Waals surface area contributed by atoms with Gasteiger partial charge in [0, 0.05) is 5.71 Å². The zero-order valence-electron chi connectivity index (χ0n) is 4.39. The Kier molecular flexibility index (Phi) is 1.30. The standard InChI is InChI=1S/C5H7BN/c1-2-5-3-4-6-7-5/h3-4H,2H2,1H3. The molecule has 0 amide bonds. The molecule has 0 aromatic heterocycles. The van der Waals surface area contributed by atoms with Crippen molar-refractivity contribution in [2.24, 2.45) is 4.90 Å². The minimum atomic E-state index is 1.05. The van der Waals surface area contributed by atoms with Gasteiger partial charge in [0.1, 0.15) is 0 Å². The highest BCUT2D eigenvalue weighted by Crippen LogP contribution is 1.93. The molecular weight excluding hydrogens is 84.9 g/mol. The lowest BCUT2D eigenvalue weighted by Crippen LogP contribution is -1.83. The van der Waals surface area contributed by atoms with Crippen LogP contribution in [0.25, 0.3) is 0 Å². The Morgan fingerprint density at radius 3 is 3.00 bits per heavy atom. The summed E-state index contributed by atoms with van der Waals surface area (Å²) in [7, 11) is 1.82. The van der Waals surface area contributed by atoms with Gasteiger partial charge >= 0.3 is 7.41 Å². The summed E-state index contributed by atoms with van der Waals surface area (Å²) in [5, 5.41) is 0. The van der Waals surface area contributed by atoms with Crippen LogP contribution in [-0.2, 0) is 0 Å². The molecule has 0 N–H and O–H groups in total. The SMILES string of the molecule is CCC1=N[B]C=C1. The lowest BCUT2D eigenvalue weighted by atomic mass is 10.00. The van der Waals surface area contributed by atoms with Gasteiger partial charge in [0.2, 0.25) is 0 Å². The Morgan fingerprint density at radius 1 is 1.86 bits per heavy atom. The molecule has 0 atom stereocenters. The third-order valence-corrected chi connectivity index (χ3v) is 0.977. The van der Waals surface area contributed by atoms with Crippen LogP contribution in [0.2, 0.25) is 0 Å². The van der Waals surface area contributed by atoms with Gasteiger partial charge in [0.15, 0.2) is 0 Å². The Bertz CT molecular complexity index is 115. The van der Waals surface area contributed by atoms with E-state index in [0.29, 0.717) is 0 Å². The molecule has 1 rings (SSSR count). The summed E-state index contributed by atoms with van der Waals surface area (Å²) in [4.78, 5) is 4.03. The average Bonchev–Trinajstić information content (AvgIpc) is 2.14. The van der Waals surface area contributed by atoms with Crippen LogP contribution in [-0.4, -0.2) is 13.1 Å². The molecule has 2 heteroatoms. The van der Waals surface area contributed by atoms with E-state index in [9.17, 15) is 0 Å². The van der Waals surface area contributed by atoms with Crippen LogP contribution in [0.5, 0.6) is 0 Å². The predicted octanol–water partition coefficient (Wildman–Crippen LogP) is 0.984. The molecular formula is C5H7BN. The van der Waals surface area contributed by atoms with E-state index in [1.165, 1.54) is 5.71 Å². The molecule has 35 valence electrons. The summed E-state index contributed by atoms with van der Waals surface area (Å²) in [5.41, 5.74) is 1.18. The van der Waals surface area contributed by atoms with Crippen LogP contribution in [0.1, 0.15) is 13.3 Å². The summed E-state index contributed by atoms with van der Waals surface area (Å²) in [6.07, 6.45) is 3.08. The van der Waals surface area contributed by atoms with Crippen molar-refractivity contribution in [2.75, 3.05) is 0 Å². The molecule has 7 heavy (non-hydrogen) atoms. The third-order valence-electron chi connectivity index (χ3n) is 0.977. The maximum atomic E-state index is 4.03. The molecule has 0 aromatic carbocycles. The predicted molar refractivity (Wildman–Crippen MR) is 32.6 cm³/mol. The molecule has 0 aromatic rings. The number of hydrogen-bond donors (Lipinski definition) is 0. The van der Waals surface area contributed by atoms with Gasteiger partial charge in [-0.1, -0.05) is 19.0 Å². The minimum absolute atomic E-state index is 1.05. The largest absolute Gasteiger partial charge is 0.347 e. The van der Waals surface area contributed by atoms with Gasteiger partial charge < -0.3 is 4.90 Å². The summed E-state index contributed by atoms with van der Waals surface area (Å²) in [6, 6.07) is 0. The fraction of sp³-hybridized carbons (Fsp3) is 0.400. The molecule has 0 saturated heterocycles. The van der Waals surface area contributed by atoms with E-state index >= 15 is 0 Å². The number of rotatable bonds is 1. The first-order valence-electron chi connectivity index (χ1n) is 2.50. The van der Waals surface area contributed by atoms with Crippen molar-refractivity contribution < 1.29 is 0 Å². The van der Waals surface area contributed by atoms with Gasteiger partial charge in [-0.2, -0.15) is 0 Å². The normalized spacial score (nSPS) is 16.4. The lowest BCUT2D eigenvalue weighted by molar-refractivity contribution is 1.30. The zero-order chi connectivity index (χ0) is 5.11. The maximum absolute atomic E-state index is 4.03. The van der Waals surface area contributed by atoms with Crippen molar-refractivity contribution in [3.05, 3.63) is 12.1 Å². The van der Waals surface area contributed by atoms with E-state index in [1.54, 1.807) is 0 Å². The van der Waals surface area contributed by atoms with Gasteiger partial charge in [-0.25, -0.2) is 0 Å². The van der Waals surface area contributed by atoms with Gasteiger partial charge in [-0.15, -0.1) is 0 Å². The fourth-order valence-corrected chi connectivity index (χ4v) is 0.545. The molecule has 1 aliphatic rings. The Morgan fingerprint density at radius 2 is 2.71 bits per heavy atom. The second kappa shape index (κ2) is 1.96. The summed E-state index contributed by atoms with van der Waals surface area (Å²) >= 11 is 0. The quantitative estimate of drug-likeness (QED) is 0.427. The van der Waals surface area contributed by atoms with E-state index in [4.69, 9.17) is 0 Å². The van der Waals surface area contributed by atoms with E-state index in [2.05, 4.69) is 11.8 Å². The Balaban J connectivity index is 2.52. The average molecular weight is 91.9 g/mol. The van der Waals surface area contributed by atoms with Gasteiger partial charge in [-0.05, 0) is 6.42 Å². The number of nitrogens with zero attached hydrogens (tertiary/aromatic N) is 1. The van der Waals surface area contributed by atoms with Crippen LogP contribution < -0.4 is 0 Å². The highest BCUT2D eigenvalue weighted by atomic mass is 14.6. The molecule has 1 heterocycles. The minimum Gasteiger partial charge on any atom is -0.347 e. The van der Waals surface area contributed by atoms with Crippen molar-refractivity contribution in [1.29, 1.82) is 0 Å². The Labute approximate surface area is 44.4 Å². The lowest BCUT2D eigenvalue weighted by Gasteiger charge is -1.83. The fourth-order valence-electron chi connectivity index (χ4n) is 0.545. The van der Waals surface area contributed by atoms with Crippen LogP contribution in [0.15, 0.2) is 17.0 Å². The first kappa shape index (κ1) is 4.63. The molecule has 0 bridgehead atoms. The van der Waals surface area contributed by atoms with Crippen LogP contribution in [0, 0.1) is 0 Å². The van der Waals surface area contributed by atoms with Crippen molar-refractivity contribution in [2.45, 2.75) is 13.3 Å². The smallest absolute Gasteiger partial charge is 0.304 e. The van der Waals surface area contributed by atoms with E-state index in [0.717, 1.165) is 6.42 Å². The molecule has 0 aliphatic carbocycles. The number of allylic oxidation sites excluding steroid dienone is 1. The van der Waals surface area contributed by atoms with Gasteiger partial charge in [0.05, 0.1) is 0 Å². The molecule has 0 unspecified atom stereocenters. The van der Waals surface area contributed by atoms with Crippen molar-refractivity contribution in [3.63, 3.8) is 0 Å². The van der Waals surface area contributed by atoms with E-state index < -0.39 is 0 Å². The second-order valence-corrected chi connectivity index (χ2v) is 1.48. The maximum Gasteiger partial charge on any atom is 0.304 e. The summed E-state index contributed by atoms with van der Waals surface area (Å²) < 4.78 is 0. The monoisotopic (exact) mass is 92.1 g/mol. The van der Waals surface area contributed by atoms with Gasteiger partial charge in [0.25, 0.3) is 0 Å².